The molecular formula is C21H18N+. The number of benzene rings is 3. The second-order valence-electron chi connectivity index (χ2n) is 6.55. The highest BCUT2D eigenvalue weighted by Crippen LogP contribution is 2.47. The Balaban J connectivity index is 2.00. The van der Waals surface area contributed by atoms with Gasteiger partial charge >= 0.3 is 0 Å². The van der Waals surface area contributed by atoms with Gasteiger partial charge in [0.2, 0.25) is 5.69 Å². The van der Waals surface area contributed by atoms with Crippen LogP contribution in [-0.2, 0) is 12.8 Å². The van der Waals surface area contributed by atoms with Gasteiger partial charge < -0.3 is 0 Å². The molecule has 0 N–H and O–H groups in total. The lowest BCUT2D eigenvalue weighted by molar-refractivity contribution is -0.394. The van der Waals surface area contributed by atoms with Crippen LogP contribution < -0.4 is 0 Å². The summed E-state index contributed by atoms with van der Waals surface area (Å²) >= 11 is 0. The van der Waals surface area contributed by atoms with Crippen LogP contribution in [-0.4, -0.2) is 17.8 Å². The molecule has 0 saturated carbocycles. The summed E-state index contributed by atoms with van der Waals surface area (Å²) in [5.74, 6) is 0. The zero-order chi connectivity index (χ0) is 14.8. The maximum atomic E-state index is 2.32. The lowest BCUT2D eigenvalue weighted by atomic mass is 9.92. The average Bonchev–Trinajstić information content (AvgIpc) is 3.08. The topological polar surface area (TPSA) is 3.01 Å². The molecule has 0 unspecified atom stereocenters. The molecule has 1 heteroatoms. The van der Waals surface area contributed by atoms with Crippen LogP contribution in [0.1, 0.15) is 22.3 Å². The van der Waals surface area contributed by atoms with Crippen LogP contribution in [0.15, 0.2) is 42.5 Å². The molecule has 0 spiro atoms. The third-order valence-electron chi connectivity index (χ3n) is 5.26. The Kier molecular flexibility index (Phi) is 2.25. The fraction of sp³-hybridized carbons (Fsp3) is 0.190. The van der Waals surface area contributed by atoms with Crippen molar-refractivity contribution in [3.63, 3.8) is 0 Å². The summed E-state index contributed by atoms with van der Waals surface area (Å²) in [6, 6.07) is 15.9. The molecule has 0 amide bonds. The van der Waals surface area contributed by atoms with Gasteiger partial charge in [0, 0.05) is 11.1 Å². The Bertz CT molecular complexity index is 992. The molecule has 1 aliphatic carbocycles. The first-order valence-electron chi connectivity index (χ1n) is 7.96. The maximum absolute atomic E-state index is 2.32. The van der Waals surface area contributed by atoms with E-state index < -0.39 is 0 Å². The Morgan fingerprint density at radius 1 is 0.864 bits per heavy atom. The van der Waals surface area contributed by atoms with E-state index >= 15 is 0 Å². The minimum Gasteiger partial charge on any atom is -0.204 e. The van der Waals surface area contributed by atoms with Crippen molar-refractivity contribution in [1.29, 1.82) is 0 Å². The lowest BCUT2D eigenvalue weighted by Crippen LogP contribution is -1.95. The molecule has 1 nitrogen and oxygen atoms in total. The fourth-order valence-corrected chi connectivity index (χ4v) is 4.25. The zero-order valence-corrected chi connectivity index (χ0v) is 13.0. The normalized spacial score (nSPS) is 14.7. The molecule has 0 aromatic heterocycles. The van der Waals surface area contributed by atoms with Gasteiger partial charge in [-0.3, -0.25) is 0 Å². The van der Waals surface area contributed by atoms with Crippen LogP contribution in [0.4, 0.5) is 5.69 Å². The van der Waals surface area contributed by atoms with E-state index in [9.17, 15) is 0 Å². The average molecular weight is 284 g/mol. The van der Waals surface area contributed by atoms with Gasteiger partial charge in [-0.25, -0.2) is 4.58 Å². The summed E-state index contributed by atoms with van der Waals surface area (Å²) in [7, 11) is 2.18. The first-order valence-corrected chi connectivity index (χ1v) is 7.96. The van der Waals surface area contributed by atoms with E-state index in [1.165, 1.54) is 49.8 Å². The van der Waals surface area contributed by atoms with Gasteiger partial charge in [-0.1, -0.05) is 42.5 Å². The standard InChI is InChI=1S/C21H18N/c1-13-4-3-5-16-12-17-9-7-14-6-8-15-10-11-22(2)21(15)20(14)19(17)18(13)16/h3-9,11H,10,12H2,1-2H3/q+1. The summed E-state index contributed by atoms with van der Waals surface area (Å²) in [5.41, 5.74) is 10.2. The SMILES string of the molecule is Cc1cccc2c1-c1c(ccc3ccc4c(c13)[N+](C)=CC4)C2. The Labute approximate surface area is 130 Å². The van der Waals surface area contributed by atoms with Gasteiger partial charge in [0.05, 0.1) is 11.8 Å². The van der Waals surface area contributed by atoms with E-state index in [1.807, 2.05) is 0 Å². The summed E-state index contributed by atoms with van der Waals surface area (Å²) in [5, 5.41) is 2.80. The fourth-order valence-electron chi connectivity index (χ4n) is 4.25. The molecule has 5 rings (SSSR count). The van der Waals surface area contributed by atoms with Crippen molar-refractivity contribution < 1.29 is 4.58 Å². The van der Waals surface area contributed by atoms with Gasteiger partial charge in [-0.05, 0) is 41.0 Å². The number of aryl methyl sites for hydroxylation is 1. The van der Waals surface area contributed by atoms with Crippen LogP contribution >= 0.6 is 0 Å². The van der Waals surface area contributed by atoms with Crippen LogP contribution in [0.25, 0.3) is 21.9 Å². The summed E-state index contributed by atoms with van der Waals surface area (Å²) in [6.07, 6.45) is 4.41. The number of fused-ring (bicyclic) bond motifs is 7. The molecule has 22 heavy (non-hydrogen) atoms. The third kappa shape index (κ3) is 1.41. The summed E-state index contributed by atoms with van der Waals surface area (Å²) in [6.45, 7) is 2.24. The largest absolute Gasteiger partial charge is 0.217 e. The number of nitrogens with zero attached hydrogens (tertiary/aromatic N) is 1. The molecule has 0 bridgehead atoms. The first-order chi connectivity index (χ1) is 10.7. The molecule has 1 aliphatic heterocycles. The van der Waals surface area contributed by atoms with Crippen molar-refractivity contribution >= 4 is 22.7 Å². The number of hydrogen-bond acceptors (Lipinski definition) is 0. The quantitative estimate of drug-likeness (QED) is 0.414. The Morgan fingerprint density at radius 2 is 1.64 bits per heavy atom. The van der Waals surface area contributed by atoms with E-state index in [4.69, 9.17) is 0 Å². The van der Waals surface area contributed by atoms with Gasteiger partial charge in [0.15, 0.2) is 0 Å². The minimum atomic E-state index is 1.05. The highest BCUT2D eigenvalue weighted by atomic mass is 15.0. The van der Waals surface area contributed by atoms with Crippen molar-refractivity contribution in [3.05, 3.63) is 64.7 Å². The molecule has 0 atom stereocenters. The highest BCUT2D eigenvalue weighted by Gasteiger charge is 2.29. The monoisotopic (exact) mass is 284 g/mol. The van der Waals surface area contributed by atoms with Crippen molar-refractivity contribution in [2.45, 2.75) is 19.8 Å². The van der Waals surface area contributed by atoms with Gasteiger partial charge in [-0.2, -0.15) is 0 Å². The van der Waals surface area contributed by atoms with Crippen molar-refractivity contribution in [2.75, 3.05) is 7.05 Å². The molecule has 106 valence electrons. The predicted octanol–water partition coefficient (Wildman–Crippen LogP) is 4.62. The molecular weight excluding hydrogens is 266 g/mol. The molecule has 2 aliphatic rings. The second kappa shape index (κ2) is 4.07. The van der Waals surface area contributed by atoms with E-state index in [0.29, 0.717) is 0 Å². The van der Waals surface area contributed by atoms with E-state index in [0.717, 1.165) is 12.8 Å². The van der Waals surface area contributed by atoms with Crippen molar-refractivity contribution in [3.8, 4) is 11.1 Å². The molecule has 3 aromatic carbocycles. The molecule has 1 heterocycles. The second-order valence-corrected chi connectivity index (χ2v) is 6.55. The summed E-state index contributed by atoms with van der Waals surface area (Å²) < 4.78 is 2.31. The lowest BCUT2D eigenvalue weighted by Gasteiger charge is -2.11. The predicted molar refractivity (Wildman–Crippen MR) is 92.5 cm³/mol. The van der Waals surface area contributed by atoms with E-state index in [-0.39, 0.29) is 0 Å². The van der Waals surface area contributed by atoms with Crippen molar-refractivity contribution in [2.24, 2.45) is 0 Å². The molecule has 0 radical (unpaired) electrons. The number of rotatable bonds is 0. The molecule has 3 aromatic rings. The third-order valence-corrected chi connectivity index (χ3v) is 5.26. The van der Waals surface area contributed by atoms with E-state index in [2.05, 4.69) is 67.2 Å². The van der Waals surface area contributed by atoms with E-state index in [1.54, 1.807) is 0 Å². The van der Waals surface area contributed by atoms with Gasteiger partial charge in [-0.15, -0.1) is 0 Å². The smallest absolute Gasteiger partial charge is 0.204 e. The van der Waals surface area contributed by atoms with Crippen LogP contribution in [0, 0.1) is 6.92 Å². The van der Waals surface area contributed by atoms with Crippen LogP contribution in [0.2, 0.25) is 0 Å². The van der Waals surface area contributed by atoms with Gasteiger partial charge in [0.25, 0.3) is 0 Å². The number of hydrogen-bond donors (Lipinski definition) is 0. The molecule has 0 saturated heterocycles. The van der Waals surface area contributed by atoms with Crippen molar-refractivity contribution in [1.82, 2.24) is 0 Å². The minimum absolute atomic E-state index is 1.05. The summed E-state index contributed by atoms with van der Waals surface area (Å²) in [4.78, 5) is 0. The van der Waals surface area contributed by atoms with Crippen LogP contribution in [0.3, 0.4) is 0 Å². The first kappa shape index (κ1) is 12.2. The Morgan fingerprint density at radius 3 is 2.50 bits per heavy atom. The van der Waals surface area contributed by atoms with Gasteiger partial charge in [0.1, 0.15) is 13.3 Å². The maximum Gasteiger partial charge on any atom is 0.217 e. The zero-order valence-electron chi connectivity index (χ0n) is 13.0. The molecule has 0 fully saturated rings. The highest BCUT2D eigenvalue weighted by molar-refractivity contribution is 6.08. The Hall–Kier alpha value is -2.41. The van der Waals surface area contributed by atoms with Crippen LogP contribution in [0.5, 0.6) is 0 Å².